The highest BCUT2D eigenvalue weighted by molar-refractivity contribution is 7.91. The van der Waals surface area contributed by atoms with Crippen molar-refractivity contribution in [3.8, 4) is 11.5 Å². The lowest BCUT2D eigenvalue weighted by Gasteiger charge is -2.13. The normalized spacial score (nSPS) is 11.0. The predicted molar refractivity (Wildman–Crippen MR) is 171 cm³/mol. The van der Waals surface area contributed by atoms with Gasteiger partial charge in [0.1, 0.15) is 11.5 Å². The molecule has 0 aliphatic carbocycles. The number of phenols is 2. The van der Waals surface area contributed by atoms with Crippen LogP contribution < -0.4 is 10.6 Å². The first-order valence-electron chi connectivity index (χ1n) is 14.1. The quantitative estimate of drug-likeness (QED) is 0.140. The molecule has 0 aliphatic heterocycles. The summed E-state index contributed by atoms with van der Waals surface area (Å²) in [6, 6.07) is 16.0. The third-order valence-corrected chi connectivity index (χ3v) is 9.14. The van der Waals surface area contributed by atoms with E-state index < -0.39 is 33.6 Å². The van der Waals surface area contributed by atoms with Crippen LogP contribution in [0.1, 0.15) is 43.0 Å². The summed E-state index contributed by atoms with van der Waals surface area (Å²) < 4.78 is 36.6. The molecule has 4 aromatic rings. The number of hydrogen-bond donors (Lipinski definition) is 4. The highest BCUT2D eigenvalue weighted by atomic mass is 32.2. The number of ether oxygens (including phenoxy) is 2. The van der Waals surface area contributed by atoms with Crippen LogP contribution in [0, 0.1) is 13.8 Å². The minimum Gasteiger partial charge on any atom is -0.506 e. The van der Waals surface area contributed by atoms with Gasteiger partial charge in [0.15, 0.2) is 0 Å². The number of carbonyl (C=O) groups is 4. The highest BCUT2D eigenvalue weighted by Gasteiger charge is 2.23. The van der Waals surface area contributed by atoms with Gasteiger partial charge in [-0.3, -0.25) is 19.2 Å². The molecule has 0 saturated heterocycles. The van der Waals surface area contributed by atoms with E-state index in [2.05, 4.69) is 20.1 Å². The van der Waals surface area contributed by atoms with Crippen molar-refractivity contribution in [2.24, 2.45) is 0 Å². The van der Waals surface area contributed by atoms with Gasteiger partial charge in [-0.05, 0) is 96.8 Å². The summed E-state index contributed by atoms with van der Waals surface area (Å²) in [5.41, 5.74) is 2.70. The molecule has 244 valence electrons. The molecule has 0 aromatic heterocycles. The van der Waals surface area contributed by atoms with Gasteiger partial charge in [-0.2, -0.15) is 0 Å². The molecule has 0 atom stereocenters. The molecule has 0 heterocycles. The molecule has 12 nitrogen and oxygen atoms in total. The Labute approximate surface area is 270 Å². The largest absolute Gasteiger partial charge is 0.506 e. The number of methoxy groups -OCH3 is 2. The van der Waals surface area contributed by atoms with E-state index in [1.165, 1.54) is 26.4 Å². The number of hydrogen-bond acceptors (Lipinski definition) is 10. The Bertz CT molecular complexity index is 1870. The SMILES string of the molecule is COC(=O)Cc1ccc(C(=O)Nc2cc(S(=O)(=O)c3ccc(O)c(NC(=O)c4ccc(CC(=O)OC)c(C)c4)c3)ccc2O)cc1C. The summed E-state index contributed by atoms with van der Waals surface area (Å²) in [6.07, 6.45) is 0.0532. The summed E-state index contributed by atoms with van der Waals surface area (Å²) in [7, 11) is -1.73. The number of benzene rings is 4. The Hall–Kier alpha value is -5.69. The van der Waals surface area contributed by atoms with E-state index in [1.54, 1.807) is 38.1 Å². The molecule has 2 amide bonds. The molecule has 0 bridgehead atoms. The molecule has 0 unspecified atom stereocenters. The number of phenolic OH excluding ortho intramolecular Hbond substituents is 2. The van der Waals surface area contributed by atoms with Gasteiger partial charge in [0.25, 0.3) is 11.8 Å². The van der Waals surface area contributed by atoms with Crippen LogP contribution in [0.25, 0.3) is 0 Å². The molecule has 0 radical (unpaired) electrons. The molecule has 0 spiro atoms. The number of nitrogens with one attached hydrogen (secondary N) is 2. The fourth-order valence-electron chi connectivity index (χ4n) is 4.62. The standard InChI is InChI=1S/C34H32N2O10S/c1-19-13-23(7-5-21(19)15-31(39)45-3)33(41)35-27-17-25(9-11-29(27)37)47(43,44)26-10-12-30(38)28(18-26)36-34(42)24-8-6-22(20(2)14-24)16-32(40)46-4/h5-14,17-18,37-38H,15-16H2,1-4H3,(H,35,41)(H,36,42). The molecule has 0 aliphatic rings. The van der Waals surface area contributed by atoms with E-state index in [-0.39, 0.29) is 56.6 Å². The second-order valence-corrected chi connectivity index (χ2v) is 12.5. The fraction of sp³-hybridized carbons (Fsp3) is 0.176. The van der Waals surface area contributed by atoms with Crippen LogP contribution >= 0.6 is 0 Å². The average molecular weight is 661 g/mol. The number of amides is 2. The number of aryl methyl sites for hydroxylation is 2. The van der Waals surface area contributed by atoms with Crippen LogP contribution in [-0.2, 0) is 41.7 Å². The zero-order chi connectivity index (χ0) is 34.5. The summed E-state index contributed by atoms with van der Waals surface area (Å²) in [4.78, 5) is 48.7. The maximum Gasteiger partial charge on any atom is 0.309 e. The van der Waals surface area contributed by atoms with Gasteiger partial charge in [-0.15, -0.1) is 0 Å². The molecule has 0 saturated carbocycles. The first-order valence-corrected chi connectivity index (χ1v) is 15.6. The number of rotatable bonds is 10. The Morgan fingerprint density at radius 1 is 0.617 bits per heavy atom. The van der Waals surface area contributed by atoms with Crippen molar-refractivity contribution in [1.29, 1.82) is 0 Å². The van der Waals surface area contributed by atoms with E-state index in [0.717, 1.165) is 36.4 Å². The molecule has 0 fully saturated rings. The van der Waals surface area contributed by atoms with Gasteiger partial charge in [0.2, 0.25) is 9.84 Å². The lowest BCUT2D eigenvalue weighted by atomic mass is 10.0. The van der Waals surface area contributed by atoms with Crippen LogP contribution in [0.2, 0.25) is 0 Å². The second-order valence-electron chi connectivity index (χ2n) is 10.6. The zero-order valence-electron chi connectivity index (χ0n) is 25.9. The summed E-state index contributed by atoms with van der Waals surface area (Å²) in [5, 5.41) is 25.8. The van der Waals surface area contributed by atoms with Crippen LogP contribution in [0.5, 0.6) is 11.5 Å². The molecular formula is C34H32N2O10S. The van der Waals surface area contributed by atoms with Crippen molar-refractivity contribution in [1.82, 2.24) is 0 Å². The molecule has 4 N–H and O–H groups in total. The molecule has 13 heteroatoms. The minimum atomic E-state index is -4.28. The van der Waals surface area contributed by atoms with Crippen molar-refractivity contribution >= 4 is 45.0 Å². The third kappa shape index (κ3) is 7.94. The van der Waals surface area contributed by atoms with Crippen LogP contribution in [0.3, 0.4) is 0 Å². The van der Waals surface area contributed by atoms with Crippen molar-refractivity contribution in [2.45, 2.75) is 36.5 Å². The number of carbonyl (C=O) groups excluding carboxylic acids is 4. The Balaban J connectivity index is 1.55. The van der Waals surface area contributed by atoms with E-state index in [1.807, 2.05) is 0 Å². The van der Waals surface area contributed by atoms with Gasteiger partial charge in [-0.25, -0.2) is 8.42 Å². The van der Waals surface area contributed by atoms with Crippen molar-refractivity contribution in [2.75, 3.05) is 24.9 Å². The van der Waals surface area contributed by atoms with Crippen molar-refractivity contribution in [3.63, 3.8) is 0 Å². The van der Waals surface area contributed by atoms with E-state index in [9.17, 15) is 37.8 Å². The van der Waals surface area contributed by atoms with Gasteiger partial charge in [-0.1, -0.05) is 12.1 Å². The van der Waals surface area contributed by atoms with Crippen LogP contribution in [0.4, 0.5) is 11.4 Å². The van der Waals surface area contributed by atoms with E-state index >= 15 is 0 Å². The number of anilines is 2. The highest BCUT2D eigenvalue weighted by Crippen LogP contribution is 2.33. The number of sulfone groups is 1. The van der Waals surface area contributed by atoms with E-state index in [0.29, 0.717) is 22.3 Å². The Kier molecular flexibility index (Phi) is 10.3. The smallest absolute Gasteiger partial charge is 0.309 e. The first kappa shape index (κ1) is 34.2. The maximum atomic E-state index is 13.6. The zero-order valence-corrected chi connectivity index (χ0v) is 26.7. The maximum absolute atomic E-state index is 13.6. The summed E-state index contributed by atoms with van der Waals surface area (Å²) >= 11 is 0. The van der Waals surface area contributed by atoms with Gasteiger partial charge in [0, 0.05) is 11.1 Å². The lowest BCUT2D eigenvalue weighted by Crippen LogP contribution is -2.14. The molecule has 47 heavy (non-hydrogen) atoms. The third-order valence-electron chi connectivity index (χ3n) is 7.39. The van der Waals surface area contributed by atoms with Gasteiger partial charge in [0.05, 0.1) is 48.2 Å². The van der Waals surface area contributed by atoms with Crippen molar-refractivity contribution in [3.05, 3.63) is 106 Å². The Morgan fingerprint density at radius 3 is 1.34 bits per heavy atom. The predicted octanol–water partition coefficient (Wildman–Crippen LogP) is 4.48. The molecule has 4 rings (SSSR count). The first-order chi connectivity index (χ1) is 22.2. The average Bonchev–Trinajstić information content (AvgIpc) is 3.04. The topological polar surface area (TPSA) is 185 Å². The Morgan fingerprint density at radius 2 is 1.00 bits per heavy atom. The number of esters is 2. The summed E-state index contributed by atoms with van der Waals surface area (Å²) in [6.45, 7) is 3.44. The van der Waals surface area contributed by atoms with Crippen LogP contribution in [0.15, 0.2) is 82.6 Å². The van der Waals surface area contributed by atoms with Gasteiger partial charge >= 0.3 is 11.9 Å². The fourth-order valence-corrected chi connectivity index (χ4v) is 5.93. The minimum absolute atomic E-state index is 0.0266. The van der Waals surface area contributed by atoms with Gasteiger partial charge < -0.3 is 30.3 Å². The van der Waals surface area contributed by atoms with Crippen LogP contribution in [-0.4, -0.2) is 56.6 Å². The second kappa shape index (κ2) is 14.2. The van der Waals surface area contributed by atoms with E-state index in [4.69, 9.17) is 0 Å². The lowest BCUT2D eigenvalue weighted by molar-refractivity contribution is -0.140. The monoisotopic (exact) mass is 660 g/mol. The number of aromatic hydroxyl groups is 2. The van der Waals surface area contributed by atoms with Crippen molar-refractivity contribution < 1.29 is 47.3 Å². The molecule has 4 aromatic carbocycles. The molecular weight excluding hydrogens is 628 g/mol. The summed E-state index contributed by atoms with van der Waals surface area (Å²) in [5.74, 6) is -2.91.